The molecule has 2 heteroatoms. The number of H-pyrrole nitrogens is 1. The van der Waals surface area contributed by atoms with Crippen LogP contribution in [0, 0.1) is 6.92 Å². The summed E-state index contributed by atoms with van der Waals surface area (Å²) >= 11 is 0. The molecule has 0 atom stereocenters. The summed E-state index contributed by atoms with van der Waals surface area (Å²) in [5.41, 5.74) is 3.76. The minimum atomic E-state index is 0.262. The maximum Gasteiger partial charge on any atom is 0.0459 e. The zero-order valence-electron chi connectivity index (χ0n) is 8.38. The van der Waals surface area contributed by atoms with Gasteiger partial charge in [0.25, 0.3) is 0 Å². The van der Waals surface area contributed by atoms with Gasteiger partial charge in [0.15, 0.2) is 0 Å². The van der Waals surface area contributed by atoms with Gasteiger partial charge in [0.2, 0.25) is 0 Å². The molecule has 1 heterocycles. The molecule has 0 saturated carbocycles. The van der Waals surface area contributed by atoms with Crippen LogP contribution in [0.1, 0.15) is 17.5 Å². The van der Waals surface area contributed by atoms with Crippen molar-refractivity contribution < 1.29 is 5.11 Å². The van der Waals surface area contributed by atoms with Crippen LogP contribution < -0.4 is 0 Å². The summed E-state index contributed by atoms with van der Waals surface area (Å²) < 4.78 is 0. The van der Waals surface area contributed by atoms with Crippen LogP contribution in [-0.2, 0) is 6.42 Å². The summed E-state index contributed by atoms with van der Waals surface area (Å²) in [4.78, 5) is 3.26. The average molecular weight is 189 g/mol. The number of aliphatic hydroxyl groups excluding tert-OH is 1. The van der Waals surface area contributed by atoms with Gasteiger partial charge in [-0.15, -0.1) is 0 Å². The second kappa shape index (κ2) is 3.84. The Morgan fingerprint density at radius 3 is 3.00 bits per heavy atom. The van der Waals surface area contributed by atoms with Crippen LogP contribution in [0.15, 0.2) is 24.4 Å². The quantitative estimate of drug-likeness (QED) is 0.764. The highest BCUT2D eigenvalue weighted by Gasteiger charge is 2.02. The Morgan fingerprint density at radius 2 is 2.21 bits per heavy atom. The van der Waals surface area contributed by atoms with Crippen LogP contribution in [0.4, 0.5) is 0 Å². The van der Waals surface area contributed by atoms with Gasteiger partial charge in [-0.2, -0.15) is 0 Å². The molecule has 0 saturated heterocycles. The standard InChI is InChI=1S/C12H15NO/c1-9-4-5-11-10(3-2-6-14)8-13-12(11)7-9/h4-5,7-8,13-14H,2-3,6H2,1H3. The second-order valence-corrected chi connectivity index (χ2v) is 3.69. The lowest BCUT2D eigenvalue weighted by Crippen LogP contribution is -1.87. The number of fused-ring (bicyclic) bond motifs is 1. The molecule has 0 aliphatic rings. The Hall–Kier alpha value is -1.28. The van der Waals surface area contributed by atoms with Crippen molar-refractivity contribution >= 4 is 10.9 Å². The third kappa shape index (κ3) is 1.66. The van der Waals surface area contributed by atoms with E-state index in [0.29, 0.717) is 0 Å². The second-order valence-electron chi connectivity index (χ2n) is 3.69. The Bertz CT molecular complexity index is 431. The van der Waals surface area contributed by atoms with Crippen LogP contribution in [-0.4, -0.2) is 16.7 Å². The van der Waals surface area contributed by atoms with Crippen molar-refractivity contribution in [2.24, 2.45) is 0 Å². The van der Waals surface area contributed by atoms with Gasteiger partial charge in [0, 0.05) is 23.7 Å². The fourth-order valence-corrected chi connectivity index (χ4v) is 1.78. The van der Waals surface area contributed by atoms with Crippen molar-refractivity contribution in [2.45, 2.75) is 19.8 Å². The van der Waals surface area contributed by atoms with Gasteiger partial charge in [-0.05, 0) is 37.0 Å². The number of aryl methyl sites for hydroxylation is 2. The highest BCUT2D eigenvalue weighted by Crippen LogP contribution is 2.20. The molecule has 2 N–H and O–H groups in total. The summed E-state index contributed by atoms with van der Waals surface area (Å²) in [6.45, 7) is 2.35. The molecule has 74 valence electrons. The van der Waals surface area contributed by atoms with Crippen molar-refractivity contribution in [2.75, 3.05) is 6.61 Å². The molecule has 0 aliphatic heterocycles. The number of aromatic amines is 1. The van der Waals surface area contributed by atoms with E-state index in [1.165, 1.54) is 22.0 Å². The van der Waals surface area contributed by atoms with Gasteiger partial charge in [-0.1, -0.05) is 12.1 Å². The number of aromatic nitrogens is 1. The molecule has 0 aliphatic carbocycles. The molecular weight excluding hydrogens is 174 g/mol. The van der Waals surface area contributed by atoms with Crippen molar-refractivity contribution in [3.63, 3.8) is 0 Å². The number of hydrogen-bond acceptors (Lipinski definition) is 1. The predicted octanol–water partition coefficient (Wildman–Crippen LogP) is 2.40. The van der Waals surface area contributed by atoms with E-state index in [2.05, 4.69) is 30.1 Å². The Balaban J connectivity index is 2.37. The molecule has 0 spiro atoms. The van der Waals surface area contributed by atoms with Crippen molar-refractivity contribution in [3.8, 4) is 0 Å². The van der Waals surface area contributed by atoms with Gasteiger partial charge in [0.05, 0.1) is 0 Å². The van der Waals surface area contributed by atoms with E-state index < -0.39 is 0 Å². The highest BCUT2D eigenvalue weighted by molar-refractivity contribution is 5.83. The molecule has 2 aromatic rings. The zero-order valence-corrected chi connectivity index (χ0v) is 8.38. The SMILES string of the molecule is Cc1ccc2c(CCCO)c[nH]c2c1. The van der Waals surface area contributed by atoms with Gasteiger partial charge in [-0.3, -0.25) is 0 Å². The lowest BCUT2D eigenvalue weighted by atomic mass is 10.1. The Kier molecular flexibility index (Phi) is 2.55. The van der Waals surface area contributed by atoms with E-state index in [1.807, 2.05) is 6.20 Å². The Labute approximate surface area is 83.6 Å². The molecule has 2 rings (SSSR count). The Morgan fingerprint density at radius 1 is 1.36 bits per heavy atom. The first kappa shape index (κ1) is 9.28. The van der Waals surface area contributed by atoms with E-state index in [-0.39, 0.29) is 6.61 Å². The number of nitrogens with one attached hydrogen (secondary N) is 1. The lowest BCUT2D eigenvalue weighted by Gasteiger charge is -1.97. The monoisotopic (exact) mass is 189 g/mol. The topological polar surface area (TPSA) is 36.0 Å². The van der Waals surface area contributed by atoms with Crippen LogP contribution in [0.2, 0.25) is 0 Å². The fourth-order valence-electron chi connectivity index (χ4n) is 1.78. The molecular formula is C12H15NO. The van der Waals surface area contributed by atoms with E-state index in [1.54, 1.807) is 0 Å². The summed E-state index contributed by atoms with van der Waals surface area (Å²) in [6, 6.07) is 6.42. The minimum absolute atomic E-state index is 0.262. The van der Waals surface area contributed by atoms with Crippen LogP contribution >= 0.6 is 0 Å². The molecule has 14 heavy (non-hydrogen) atoms. The largest absolute Gasteiger partial charge is 0.396 e. The van der Waals surface area contributed by atoms with Gasteiger partial charge in [0.1, 0.15) is 0 Å². The van der Waals surface area contributed by atoms with Crippen LogP contribution in [0.5, 0.6) is 0 Å². The molecule has 0 unspecified atom stereocenters. The number of hydrogen-bond donors (Lipinski definition) is 2. The van der Waals surface area contributed by atoms with E-state index in [4.69, 9.17) is 5.11 Å². The molecule has 1 aromatic carbocycles. The molecule has 0 bridgehead atoms. The zero-order chi connectivity index (χ0) is 9.97. The molecule has 2 nitrogen and oxygen atoms in total. The smallest absolute Gasteiger partial charge is 0.0459 e. The first-order valence-electron chi connectivity index (χ1n) is 4.99. The maximum atomic E-state index is 8.77. The number of rotatable bonds is 3. The third-order valence-corrected chi connectivity index (χ3v) is 2.53. The van der Waals surface area contributed by atoms with E-state index in [0.717, 1.165) is 12.8 Å². The first-order valence-corrected chi connectivity index (χ1v) is 4.99. The van der Waals surface area contributed by atoms with E-state index >= 15 is 0 Å². The van der Waals surface area contributed by atoms with Crippen molar-refractivity contribution in [1.82, 2.24) is 4.98 Å². The summed E-state index contributed by atoms with van der Waals surface area (Å²) in [5, 5.41) is 10.1. The average Bonchev–Trinajstić information content (AvgIpc) is 2.57. The van der Waals surface area contributed by atoms with Crippen molar-refractivity contribution in [1.29, 1.82) is 0 Å². The summed E-state index contributed by atoms with van der Waals surface area (Å²) in [7, 11) is 0. The molecule has 0 amide bonds. The van der Waals surface area contributed by atoms with E-state index in [9.17, 15) is 0 Å². The van der Waals surface area contributed by atoms with Crippen molar-refractivity contribution in [3.05, 3.63) is 35.5 Å². The van der Waals surface area contributed by atoms with Gasteiger partial charge < -0.3 is 10.1 Å². The minimum Gasteiger partial charge on any atom is -0.396 e. The lowest BCUT2D eigenvalue weighted by molar-refractivity contribution is 0.289. The fraction of sp³-hybridized carbons (Fsp3) is 0.333. The van der Waals surface area contributed by atoms with Crippen LogP contribution in [0.25, 0.3) is 10.9 Å². The maximum absolute atomic E-state index is 8.77. The van der Waals surface area contributed by atoms with Gasteiger partial charge in [-0.25, -0.2) is 0 Å². The number of aliphatic hydroxyl groups is 1. The molecule has 0 radical (unpaired) electrons. The van der Waals surface area contributed by atoms with Crippen LogP contribution in [0.3, 0.4) is 0 Å². The number of benzene rings is 1. The normalized spacial score (nSPS) is 11.0. The summed E-state index contributed by atoms with van der Waals surface area (Å²) in [6.07, 6.45) is 3.82. The van der Waals surface area contributed by atoms with Gasteiger partial charge >= 0.3 is 0 Å². The first-order chi connectivity index (χ1) is 6.81. The molecule has 1 aromatic heterocycles. The highest BCUT2D eigenvalue weighted by atomic mass is 16.2. The summed E-state index contributed by atoms with van der Waals surface area (Å²) in [5.74, 6) is 0. The predicted molar refractivity (Wildman–Crippen MR) is 58.4 cm³/mol. The molecule has 0 fully saturated rings. The third-order valence-electron chi connectivity index (χ3n) is 2.53.